The number of benzene rings is 1. The van der Waals surface area contributed by atoms with Gasteiger partial charge in [0.2, 0.25) is 0 Å². The van der Waals surface area contributed by atoms with Gasteiger partial charge in [-0.1, -0.05) is 6.07 Å². The molecule has 0 spiro atoms. The largest absolute Gasteiger partial charge is 0.368 e. The van der Waals surface area contributed by atoms with E-state index in [4.69, 9.17) is 4.74 Å². The number of ether oxygens (including phenoxy) is 1. The van der Waals surface area contributed by atoms with Gasteiger partial charge in [-0.15, -0.1) is 0 Å². The number of carbonyl (C=O) groups is 2. The molecule has 136 valence electrons. The van der Waals surface area contributed by atoms with Crippen LogP contribution in [0.15, 0.2) is 42.6 Å². The molecular formula is C20H23N3O3. The highest BCUT2D eigenvalue weighted by Gasteiger charge is 2.31. The highest BCUT2D eigenvalue weighted by Crippen LogP contribution is 2.32. The monoisotopic (exact) mass is 353 g/mol. The predicted octanol–water partition coefficient (Wildman–Crippen LogP) is 3.11. The van der Waals surface area contributed by atoms with E-state index in [0.29, 0.717) is 17.9 Å². The number of hydrogen-bond acceptors (Lipinski definition) is 3. The van der Waals surface area contributed by atoms with Crippen molar-refractivity contribution in [1.82, 2.24) is 9.88 Å². The second kappa shape index (κ2) is 7.33. The molecular weight excluding hydrogens is 330 g/mol. The summed E-state index contributed by atoms with van der Waals surface area (Å²) in [6.45, 7) is 1.38. The number of aromatic nitrogens is 1. The van der Waals surface area contributed by atoms with Crippen LogP contribution in [0.2, 0.25) is 0 Å². The second-order valence-electron chi connectivity index (χ2n) is 6.85. The van der Waals surface area contributed by atoms with Gasteiger partial charge in [-0.3, -0.25) is 9.59 Å². The van der Waals surface area contributed by atoms with Gasteiger partial charge < -0.3 is 19.9 Å². The Bertz CT molecular complexity index is 781. The smallest absolute Gasteiger partial charge is 0.254 e. The van der Waals surface area contributed by atoms with Crippen molar-refractivity contribution >= 4 is 17.5 Å². The summed E-state index contributed by atoms with van der Waals surface area (Å²) in [6.07, 6.45) is 5.11. The Morgan fingerprint density at radius 1 is 1.15 bits per heavy atom. The predicted molar refractivity (Wildman–Crippen MR) is 97.8 cm³/mol. The van der Waals surface area contributed by atoms with Gasteiger partial charge in [0.15, 0.2) is 0 Å². The molecule has 2 saturated heterocycles. The van der Waals surface area contributed by atoms with Gasteiger partial charge in [-0.25, -0.2) is 0 Å². The fourth-order valence-corrected chi connectivity index (χ4v) is 3.79. The molecule has 2 fully saturated rings. The number of carbonyl (C=O) groups excluding carboxylic acids is 2. The minimum Gasteiger partial charge on any atom is -0.368 e. The number of nitrogens with one attached hydrogen (secondary N) is 2. The minimum atomic E-state index is -0.384. The highest BCUT2D eigenvalue weighted by molar-refractivity contribution is 5.98. The molecule has 2 aliphatic heterocycles. The van der Waals surface area contributed by atoms with Crippen molar-refractivity contribution in [2.45, 2.75) is 37.8 Å². The summed E-state index contributed by atoms with van der Waals surface area (Å²) in [5.41, 5.74) is 2.29. The van der Waals surface area contributed by atoms with Crippen LogP contribution in [0.4, 0.5) is 5.69 Å². The Kier molecular flexibility index (Phi) is 4.75. The summed E-state index contributed by atoms with van der Waals surface area (Å²) in [4.78, 5) is 30.4. The van der Waals surface area contributed by atoms with E-state index in [1.165, 1.54) is 0 Å². The van der Waals surface area contributed by atoms with Crippen LogP contribution < -0.4 is 5.32 Å². The molecule has 0 aliphatic carbocycles. The molecule has 2 unspecified atom stereocenters. The fraction of sp³-hybridized carbons (Fsp3) is 0.400. The lowest BCUT2D eigenvalue weighted by Gasteiger charge is -2.24. The third-order valence-corrected chi connectivity index (χ3v) is 5.09. The molecule has 0 radical (unpaired) electrons. The van der Waals surface area contributed by atoms with Crippen molar-refractivity contribution in [3.8, 4) is 0 Å². The van der Waals surface area contributed by atoms with Gasteiger partial charge in [0.1, 0.15) is 6.10 Å². The Labute approximate surface area is 152 Å². The maximum absolute atomic E-state index is 13.0. The molecule has 2 N–H and O–H groups in total. The third-order valence-electron chi connectivity index (χ3n) is 5.09. The molecule has 2 aromatic rings. The van der Waals surface area contributed by atoms with Gasteiger partial charge in [0.25, 0.3) is 11.8 Å². The first-order valence-corrected chi connectivity index (χ1v) is 9.19. The number of anilines is 1. The molecule has 1 aromatic carbocycles. The Morgan fingerprint density at radius 3 is 2.85 bits per heavy atom. The Balaban J connectivity index is 1.48. The van der Waals surface area contributed by atoms with Gasteiger partial charge >= 0.3 is 0 Å². The maximum Gasteiger partial charge on any atom is 0.254 e. The van der Waals surface area contributed by atoms with Crippen LogP contribution in [0.1, 0.15) is 47.8 Å². The van der Waals surface area contributed by atoms with Crippen molar-refractivity contribution in [2.24, 2.45) is 0 Å². The number of amides is 2. The van der Waals surface area contributed by atoms with E-state index in [2.05, 4.69) is 10.3 Å². The first-order chi connectivity index (χ1) is 12.7. The Hall–Kier alpha value is -2.60. The average Bonchev–Trinajstić information content (AvgIpc) is 3.43. The van der Waals surface area contributed by atoms with Gasteiger partial charge in [-0.2, -0.15) is 0 Å². The maximum atomic E-state index is 13.0. The summed E-state index contributed by atoms with van der Waals surface area (Å²) in [5.74, 6) is -0.146. The fourth-order valence-electron chi connectivity index (χ4n) is 3.79. The molecule has 0 bridgehead atoms. The molecule has 2 aliphatic rings. The van der Waals surface area contributed by atoms with Crippen LogP contribution in [-0.4, -0.2) is 41.0 Å². The average molecular weight is 353 g/mol. The number of hydrogen-bond donors (Lipinski definition) is 2. The van der Waals surface area contributed by atoms with Crippen LogP contribution in [-0.2, 0) is 9.53 Å². The van der Waals surface area contributed by atoms with Crippen LogP contribution in [0.25, 0.3) is 0 Å². The van der Waals surface area contributed by atoms with E-state index in [9.17, 15) is 9.59 Å². The van der Waals surface area contributed by atoms with E-state index >= 15 is 0 Å². The second-order valence-corrected chi connectivity index (χ2v) is 6.85. The molecule has 6 heteroatoms. The number of likely N-dealkylation sites (tertiary alicyclic amines) is 1. The van der Waals surface area contributed by atoms with Crippen LogP contribution in [0.5, 0.6) is 0 Å². The highest BCUT2D eigenvalue weighted by atomic mass is 16.5. The summed E-state index contributed by atoms with van der Waals surface area (Å²) in [6, 6.07) is 11.2. The van der Waals surface area contributed by atoms with E-state index in [0.717, 1.165) is 37.9 Å². The normalized spacial score (nSPS) is 22.5. The van der Waals surface area contributed by atoms with E-state index in [-0.39, 0.29) is 24.0 Å². The summed E-state index contributed by atoms with van der Waals surface area (Å²) >= 11 is 0. The number of H-pyrrole nitrogens is 1. The van der Waals surface area contributed by atoms with E-state index in [1.54, 1.807) is 24.3 Å². The molecule has 4 rings (SSSR count). The number of aromatic amines is 1. The van der Waals surface area contributed by atoms with Crippen molar-refractivity contribution in [1.29, 1.82) is 0 Å². The Morgan fingerprint density at radius 2 is 2.08 bits per heavy atom. The molecule has 2 atom stereocenters. The quantitative estimate of drug-likeness (QED) is 0.887. The zero-order valence-corrected chi connectivity index (χ0v) is 14.6. The van der Waals surface area contributed by atoms with Crippen molar-refractivity contribution in [2.75, 3.05) is 18.5 Å². The number of nitrogens with zero attached hydrogens (tertiary/aromatic N) is 1. The summed E-state index contributed by atoms with van der Waals surface area (Å²) < 4.78 is 5.41. The SMILES string of the molecule is O=C(Nc1cccc(C(=O)N2CCCC2c2ccc[nH]2)c1)C1CCCO1. The van der Waals surface area contributed by atoms with E-state index < -0.39 is 0 Å². The summed E-state index contributed by atoms with van der Waals surface area (Å²) in [5, 5.41) is 2.87. The molecule has 1 aromatic heterocycles. The van der Waals surface area contributed by atoms with Gasteiger partial charge in [-0.05, 0) is 56.0 Å². The van der Waals surface area contributed by atoms with Gasteiger partial charge in [0, 0.05) is 36.3 Å². The van der Waals surface area contributed by atoms with Gasteiger partial charge in [0.05, 0.1) is 6.04 Å². The van der Waals surface area contributed by atoms with E-state index in [1.807, 2.05) is 23.2 Å². The molecule has 26 heavy (non-hydrogen) atoms. The third kappa shape index (κ3) is 3.37. The van der Waals surface area contributed by atoms with Crippen molar-refractivity contribution in [3.63, 3.8) is 0 Å². The lowest BCUT2D eigenvalue weighted by atomic mass is 10.1. The molecule has 6 nitrogen and oxygen atoms in total. The van der Waals surface area contributed by atoms with Crippen LogP contribution in [0, 0.1) is 0 Å². The molecule has 2 amide bonds. The first-order valence-electron chi connectivity index (χ1n) is 9.19. The number of rotatable bonds is 4. The molecule has 0 saturated carbocycles. The lowest BCUT2D eigenvalue weighted by Crippen LogP contribution is -2.31. The zero-order valence-electron chi connectivity index (χ0n) is 14.6. The zero-order chi connectivity index (χ0) is 17.9. The topological polar surface area (TPSA) is 74.4 Å². The van der Waals surface area contributed by atoms with Crippen molar-refractivity contribution < 1.29 is 14.3 Å². The minimum absolute atomic E-state index is 0.00434. The summed E-state index contributed by atoms with van der Waals surface area (Å²) in [7, 11) is 0. The van der Waals surface area contributed by atoms with Crippen molar-refractivity contribution in [3.05, 3.63) is 53.9 Å². The van der Waals surface area contributed by atoms with Crippen LogP contribution in [0.3, 0.4) is 0 Å². The lowest BCUT2D eigenvalue weighted by molar-refractivity contribution is -0.124. The molecule has 3 heterocycles. The van der Waals surface area contributed by atoms with Crippen LogP contribution >= 0.6 is 0 Å². The first kappa shape index (κ1) is 16.8. The standard InChI is InChI=1S/C20H23N3O3/c24-19(18-9-4-12-26-18)22-15-6-1-5-14(13-15)20(25)23-11-3-8-17(23)16-7-2-10-21-16/h1-2,5-7,10,13,17-18,21H,3-4,8-9,11-12H2,(H,22,24).